The lowest BCUT2D eigenvalue weighted by atomic mass is 9.59. The van der Waals surface area contributed by atoms with Crippen LogP contribution in [-0.4, -0.2) is 21.8 Å². The Labute approximate surface area is 84.1 Å². The van der Waals surface area contributed by atoms with Gasteiger partial charge in [0.2, 0.25) is 0 Å². The third kappa shape index (κ3) is 1.44. The normalized spacial score (nSPS) is 47.4. The molecular weight excluding hydrogens is 180 g/mol. The third-order valence-electron chi connectivity index (χ3n) is 4.25. The lowest BCUT2D eigenvalue weighted by molar-refractivity contribution is -0.156. The van der Waals surface area contributed by atoms with E-state index >= 15 is 0 Å². The van der Waals surface area contributed by atoms with Gasteiger partial charge >= 0.3 is 5.97 Å². The Hall–Kier alpha value is -0.570. The lowest BCUT2D eigenvalue weighted by Gasteiger charge is -2.49. The first-order valence-corrected chi connectivity index (χ1v) is 5.47. The van der Waals surface area contributed by atoms with E-state index in [9.17, 15) is 9.90 Å². The minimum Gasteiger partial charge on any atom is -0.481 e. The van der Waals surface area contributed by atoms with Gasteiger partial charge < -0.3 is 10.2 Å². The van der Waals surface area contributed by atoms with E-state index in [0.29, 0.717) is 12.8 Å². The number of carboxylic acids is 1. The van der Waals surface area contributed by atoms with Crippen molar-refractivity contribution in [2.45, 2.75) is 44.6 Å². The van der Waals surface area contributed by atoms with E-state index in [2.05, 4.69) is 0 Å². The summed E-state index contributed by atoms with van der Waals surface area (Å²) in [5.74, 6) is -0.491. The number of hydrogen-bond donors (Lipinski definition) is 2. The second kappa shape index (κ2) is 3.23. The minimum absolute atomic E-state index is 0.205. The summed E-state index contributed by atoms with van der Waals surface area (Å²) in [6.45, 7) is 1.89. The maximum Gasteiger partial charge on any atom is 0.306 e. The van der Waals surface area contributed by atoms with Gasteiger partial charge in [0.1, 0.15) is 0 Å². The molecule has 3 nitrogen and oxygen atoms in total. The Morgan fingerprint density at radius 2 is 1.79 bits per heavy atom. The number of hydrogen-bond acceptors (Lipinski definition) is 2. The SMILES string of the molecule is CC1(O)C2CCCC1CC(C(=O)O)C2. The van der Waals surface area contributed by atoms with Crippen LogP contribution < -0.4 is 0 Å². The molecule has 2 aliphatic rings. The monoisotopic (exact) mass is 198 g/mol. The van der Waals surface area contributed by atoms with Crippen LogP contribution in [0, 0.1) is 17.8 Å². The quantitative estimate of drug-likeness (QED) is 0.673. The topological polar surface area (TPSA) is 57.5 Å². The average Bonchev–Trinajstić information content (AvgIpc) is 2.00. The molecule has 3 heteroatoms. The molecule has 2 fully saturated rings. The van der Waals surface area contributed by atoms with Crippen molar-refractivity contribution in [3.05, 3.63) is 0 Å². The largest absolute Gasteiger partial charge is 0.481 e. The Kier molecular flexibility index (Phi) is 2.30. The van der Waals surface area contributed by atoms with Crippen molar-refractivity contribution in [2.75, 3.05) is 0 Å². The number of rotatable bonds is 1. The molecule has 2 aliphatic carbocycles. The van der Waals surface area contributed by atoms with Crippen molar-refractivity contribution >= 4 is 5.97 Å². The number of carbonyl (C=O) groups is 1. The van der Waals surface area contributed by atoms with Crippen LogP contribution in [-0.2, 0) is 4.79 Å². The molecule has 2 saturated carbocycles. The van der Waals surface area contributed by atoms with Gasteiger partial charge in [0.25, 0.3) is 0 Å². The number of fused-ring (bicyclic) bond motifs is 2. The number of aliphatic carboxylic acids is 1. The fraction of sp³-hybridized carbons (Fsp3) is 0.909. The number of aliphatic hydroxyl groups is 1. The van der Waals surface area contributed by atoms with Gasteiger partial charge in [-0.2, -0.15) is 0 Å². The molecular formula is C11H18O3. The highest BCUT2D eigenvalue weighted by atomic mass is 16.4. The van der Waals surface area contributed by atoms with Crippen LogP contribution in [0.1, 0.15) is 39.0 Å². The van der Waals surface area contributed by atoms with Crippen LogP contribution in [0.4, 0.5) is 0 Å². The molecule has 2 unspecified atom stereocenters. The molecule has 0 aromatic rings. The number of carboxylic acid groups (broad SMARTS) is 1. The molecule has 80 valence electrons. The van der Waals surface area contributed by atoms with Crippen LogP contribution in [0.5, 0.6) is 0 Å². The van der Waals surface area contributed by atoms with Gasteiger partial charge in [-0.05, 0) is 44.4 Å². The summed E-state index contributed by atoms with van der Waals surface area (Å²) in [6, 6.07) is 0. The molecule has 2 atom stereocenters. The molecule has 2 N–H and O–H groups in total. The van der Waals surface area contributed by atoms with Gasteiger partial charge in [0.15, 0.2) is 0 Å². The molecule has 14 heavy (non-hydrogen) atoms. The molecule has 0 aromatic carbocycles. The zero-order valence-electron chi connectivity index (χ0n) is 8.57. The van der Waals surface area contributed by atoms with E-state index in [1.807, 2.05) is 6.92 Å². The summed E-state index contributed by atoms with van der Waals surface area (Å²) >= 11 is 0. The second-order valence-electron chi connectivity index (χ2n) is 5.06. The summed E-state index contributed by atoms with van der Waals surface area (Å²) in [6.07, 6.45) is 4.47. The Morgan fingerprint density at radius 1 is 1.29 bits per heavy atom. The highest BCUT2D eigenvalue weighted by molar-refractivity contribution is 5.70. The fourth-order valence-electron chi connectivity index (χ4n) is 3.23. The Balaban J connectivity index is 2.16. The van der Waals surface area contributed by atoms with Crippen molar-refractivity contribution in [2.24, 2.45) is 17.8 Å². The van der Waals surface area contributed by atoms with Crippen LogP contribution >= 0.6 is 0 Å². The molecule has 0 radical (unpaired) electrons. The first-order valence-electron chi connectivity index (χ1n) is 5.47. The van der Waals surface area contributed by atoms with Crippen LogP contribution in [0.25, 0.3) is 0 Å². The predicted molar refractivity (Wildman–Crippen MR) is 51.8 cm³/mol. The third-order valence-corrected chi connectivity index (χ3v) is 4.25. The van der Waals surface area contributed by atoms with Gasteiger partial charge in [0, 0.05) is 0 Å². The van der Waals surface area contributed by atoms with E-state index in [0.717, 1.165) is 19.3 Å². The van der Waals surface area contributed by atoms with Crippen molar-refractivity contribution in [1.29, 1.82) is 0 Å². The first kappa shape index (κ1) is 9.97. The van der Waals surface area contributed by atoms with E-state index in [1.54, 1.807) is 0 Å². The zero-order valence-corrected chi connectivity index (χ0v) is 8.57. The van der Waals surface area contributed by atoms with Crippen molar-refractivity contribution < 1.29 is 15.0 Å². The van der Waals surface area contributed by atoms with E-state index < -0.39 is 11.6 Å². The first-order chi connectivity index (χ1) is 6.51. The van der Waals surface area contributed by atoms with E-state index in [4.69, 9.17) is 5.11 Å². The molecule has 0 amide bonds. The average molecular weight is 198 g/mol. The molecule has 0 aromatic heterocycles. The van der Waals surface area contributed by atoms with Crippen LogP contribution in [0.15, 0.2) is 0 Å². The van der Waals surface area contributed by atoms with Crippen molar-refractivity contribution in [3.63, 3.8) is 0 Å². The highest BCUT2D eigenvalue weighted by Gasteiger charge is 2.49. The summed E-state index contributed by atoms with van der Waals surface area (Å²) in [4.78, 5) is 10.9. The Bertz CT molecular complexity index is 231. The molecule has 0 saturated heterocycles. The zero-order chi connectivity index (χ0) is 10.3. The standard InChI is InChI=1S/C11H18O3/c1-11(14)8-3-2-4-9(11)6-7(5-8)10(12)13/h7-9,14H,2-6H2,1H3,(H,12,13). The lowest BCUT2D eigenvalue weighted by Crippen LogP contribution is -2.51. The van der Waals surface area contributed by atoms with Gasteiger partial charge in [-0.25, -0.2) is 0 Å². The second-order valence-corrected chi connectivity index (χ2v) is 5.06. The van der Waals surface area contributed by atoms with E-state index in [1.165, 1.54) is 0 Å². The molecule has 0 aliphatic heterocycles. The van der Waals surface area contributed by atoms with Gasteiger partial charge in [0.05, 0.1) is 11.5 Å². The van der Waals surface area contributed by atoms with E-state index in [-0.39, 0.29) is 17.8 Å². The smallest absolute Gasteiger partial charge is 0.306 e. The maximum absolute atomic E-state index is 10.9. The minimum atomic E-state index is -0.683. The van der Waals surface area contributed by atoms with Crippen molar-refractivity contribution in [1.82, 2.24) is 0 Å². The summed E-state index contributed by atoms with van der Waals surface area (Å²) in [7, 11) is 0. The summed E-state index contributed by atoms with van der Waals surface area (Å²) < 4.78 is 0. The van der Waals surface area contributed by atoms with Crippen molar-refractivity contribution in [3.8, 4) is 0 Å². The fourth-order valence-corrected chi connectivity index (χ4v) is 3.23. The van der Waals surface area contributed by atoms with Crippen LogP contribution in [0.2, 0.25) is 0 Å². The summed E-state index contributed by atoms with van der Waals surface area (Å²) in [5, 5.41) is 19.2. The highest BCUT2D eigenvalue weighted by Crippen LogP contribution is 2.49. The Morgan fingerprint density at radius 3 is 2.21 bits per heavy atom. The van der Waals surface area contributed by atoms with Gasteiger partial charge in [-0.15, -0.1) is 0 Å². The maximum atomic E-state index is 10.9. The molecule has 2 bridgehead atoms. The predicted octanol–water partition coefficient (Wildman–Crippen LogP) is 1.65. The molecule has 2 rings (SSSR count). The van der Waals surface area contributed by atoms with Gasteiger partial charge in [-0.3, -0.25) is 4.79 Å². The van der Waals surface area contributed by atoms with Gasteiger partial charge in [-0.1, -0.05) is 6.42 Å². The van der Waals surface area contributed by atoms with Crippen LogP contribution in [0.3, 0.4) is 0 Å². The molecule has 0 spiro atoms. The summed E-state index contributed by atoms with van der Waals surface area (Å²) in [5.41, 5.74) is -0.607. The molecule has 0 heterocycles.